The summed E-state index contributed by atoms with van der Waals surface area (Å²) in [5.41, 5.74) is 0.367. The predicted octanol–water partition coefficient (Wildman–Crippen LogP) is 3.58. The van der Waals surface area contributed by atoms with Gasteiger partial charge in [0.15, 0.2) is 0 Å². The molecule has 308 valence electrons. The first-order chi connectivity index (χ1) is 25.6. The van der Waals surface area contributed by atoms with Gasteiger partial charge in [-0.1, -0.05) is 45.6 Å². The third-order valence-corrected chi connectivity index (χ3v) is 6.75. The molecule has 0 saturated heterocycles. The Labute approximate surface area is 312 Å². The summed E-state index contributed by atoms with van der Waals surface area (Å²) in [7, 11) is 0. The molecule has 0 aromatic carbocycles. The van der Waals surface area contributed by atoms with Crippen LogP contribution in [0, 0.1) is 0 Å². The summed E-state index contributed by atoms with van der Waals surface area (Å²) in [4.78, 5) is 22.9. The summed E-state index contributed by atoms with van der Waals surface area (Å²) in [6.45, 7) is 18.0. The fourth-order valence-corrected chi connectivity index (χ4v) is 3.95. The molecule has 0 heterocycles. The number of hydrogen-bond acceptors (Lipinski definition) is 15. The number of unbranched alkanes of at least 4 members (excludes halogenated alkanes) is 5. The van der Waals surface area contributed by atoms with Gasteiger partial charge < -0.3 is 61.6 Å². The normalized spacial score (nSPS) is 11.3. The van der Waals surface area contributed by atoms with Crippen LogP contribution in [-0.2, 0) is 71.2 Å². The van der Waals surface area contributed by atoms with E-state index in [-0.39, 0.29) is 19.2 Å². The molecule has 0 amide bonds. The summed E-state index contributed by atoms with van der Waals surface area (Å²) in [5.74, 6) is -0.564. The summed E-state index contributed by atoms with van der Waals surface area (Å²) in [6.07, 6.45) is 7.39. The van der Waals surface area contributed by atoms with Crippen LogP contribution in [0.25, 0.3) is 0 Å². The van der Waals surface area contributed by atoms with Crippen molar-refractivity contribution in [2.24, 2.45) is 0 Å². The molecule has 0 aliphatic heterocycles. The standard InChI is InChI=1S/C37H70O15/c1-4-5-6-7-8-9-10-36(38)51-33-31-49-29-27-47-25-23-45-21-19-43-17-15-41-13-11-40-12-14-42-16-18-44-20-22-46-24-26-48-28-30-50-32-34-52-37(39)35(2)3/h2,4-34H2,1,3H3. The van der Waals surface area contributed by atoms with E-state index in [9.17, 15) is 9.59 Å². The van der Waals surface area contributed by atoms with Crippen LogP contribution >= 0.6 is 0 Å². The van der Waals surface area contributed by atoms with Crippen molar-refractivity contribution in [2.45, 2.75) is 58.8 Å². The van der Waals surface area contributed by atoms with Crippen molar-refractivity contribution >= 4 is 11.9 Å². The maximum absolute atomic E-state index is 11.7. The lowest BCUT2D eigenvalue weighted by Gasteiger charge is -2.09. The number of ether oxygens (including phenoxy) is 13. The highest BCUT2D eigenvalue weighted by Crippen LogP contribution is 2.07. The van der Waals surface area contributed by atoms with Gasteiger partial charge in [-0.15, -0.1) is 0 Å². The molecule has 0 rings (SSSR count). The van der Waals surface area contributed by atoms with Crippen LogP contribution in [-0.4, -0.2) is 171 Å². The van der Waals surface area contributed by atoms with Crippen molar-refractivity contribution in [3.05, 3.63) is 12.2 Å². The Morgan fingerprint density at radius 2 is 0.615 bits per heavy atom. The van der Waals surface area contributed by atoms with Gasteiger partial charge in [-0.3, -0.25) is 4.79 Å². The van der Waals surface area contributed by atoms with Gasteiger partial charge in [0.05, 0.1) is 145 Å². The first kappa shape index (κ1) is 50.2. The van der Waals surface area contributed by atoms with E-state index in [1.807, 2.05) is 0 Å². The molecule has 0 aromatic heterocycles. The minimum atomic E-state index is -0.416. The van der Waals surface area contributed by atoms with Crippen molar-refractivity contribution in [1.82, 2.24) is 0 Å². The van der Waals surface area contributed by atoms with E-state index in [0.29, 0.717) is 157 Å². The highest BCUT2D eigenvalue weighted by Gasteiger charge is 2.03. The molecule has 0 fully saturated rings. The van der Waals surface area contributed by atoms with E-state index in [2.05, 4.69) is 13.5 Å². The molecule has 0 unspecified atom stereocenters. The fourth-order valence-electron chi connectivity index (χ4n) is 3.95. The molecular formula is C37H70O15. The summed E-state index contributed by atoms with van der Waals surface area (Å²) < 4.78 is 70.0. The van der Waals surface area contributed by atoms with E-state index < -0.39 is 5.97 Å². The monoisotopic (exact) mass is 754 g/mol. The van der Waals surface area contributed by atoms with E-state index in [0.717, 1.165) is 12.8 Å². The average Bonchev–Trinajstić information content (AvgIpc) is 3.14. The van der Waals surface area contributed by atoms with Gasteiger partial charge in [-0.2, -0.15) is 0 Å². The van der Waals surface area contributed by atoms with Gasteiger partial charge in [0, 0.05) is 12.0 Å². The lowest BCUT2D eigenvalue weighted by atomic mass is 10.1. The number of carbonyl (C=O) groups excluding carboxylic acids is 2. The molecule has 0 bridgehead atoms. The lowest BCUT2D eigenvalue weighted by molar-refractivity contribution is -0.145. The molecular weight excluding hydrogens is 684 g/mol. The van der Waals surface area contributed by atoms with Crippen LogP contribution in [0.3, 0.4) is 0 Å². The average molecular weight is 755 g/mol. The predicted molar refractivity (Wildman–Crippen MR) is 194 cm³/mol. The Morgan fingerprint density at radius 1 is 0.365 bits per heavy atom. The minimum absolute atomic E-state index is 0.148. The van der Waals surface area contributed by atoms with Gasteiger partial charge in [0.1, 0.15) is 13.2 Å². The van der Waals surface area contributed by atoms with Crippen LogP contribution in [0.5, 0.6) is 0 Å². The fraction of sp³-hybridized carbons (Fsp3) is 0.892. The van der Waals surface area contributed by atoms with Gasteiger partial charge in [-0.05, 0) is 13.3 Å². The second-order valence-electron chi connectivity index (χ2n) is 11.4. The maximum Gasteiger partial charge on any atom is 0.333 e. The maximum atomic E-state index is 11.7. The minimum Gasteiger partial charge on any atom is -0.463 e. The molecule has 0 aliphatic rings. The van der Waals surface area contributed by atoms with Crippen LogP contribution in [0.4, 0.5) is 0 Å². The topological polar surface area (TPSA) is 154 Å². The molecule has 15 nitrogen and oxygen atoms in total. The third kappa shape index (κ3) is 42.7. The van der Waals surface area contributed by atoms with E-state index in [4.69, 9.17) is 61.6 Å². The molecule has 15 heteroatoms. The molecule has 0 spiro atoms. The molecule has 0 aromatic rings. The van der Waals surface area contributed by atoms with Crippen LogP contribution in [0.15, 0.2) is 12.2 Å². The van der Waals surface area contributed by atoms with E-state index >= 15 is 0 Å². The first-order valence-corrected chi connectivity index (χ1v) is 18.9. The van der Waals surface area contributed by atoms with E-state index in [1.165, 1.54) is 25.7 Å². The van der Waals surface area contributed by atoms with Gasteiger partial charge in [0.25, 0.3) is 0 Å². The van der Waals surface area contributed by atoms with Crippen molar-refractivity contribution in [3.63, 3.8) is 0 Å². The number of rotatable bonds is 44. The highest BCUT2D eigenvalue weighted by molar-refractivity contribution is 5.86. The Balaban J connectivity index is 3.11. The van der Waals surface area contributed by atoms with Gasteiger partial charge >= 0.3 is 11.9 Å². The number of carbonyl (C=O) groups is 2. The Hall–Kier alpha value is -1.76. The zero-order chi connectivity index (χ0) is 37.8. The summed E-state index contributed by atoms with van der Waals surface area (Å²) in [6, 6.07) is 0. The summed E-state index contributed by atoms with van der Waals surface area (Å²) in [5, 5.41) is 0. The first-order valence-electron chi connectivity index (χ1n) is 18.9. The SMILES string of the molecule is C=C(C)C(=O)OCCOCCOCCOCCOCCOCCOCCOCCOCCOCCOCCOCCOC(=O)CCCCCCCC. The van der Waals surface area contributed by atoms with Crippen molar-refractivity contribution in [1.29, 1.82) is 0 Å². The lowest BCUT2D eigenvalue weighted by Crippen LogP contribution is -2.16. The van der Waals surface area contributed by atoms with Gasteiger partial charge in [-0.25, -0.2) is 4.79 Å². The number of hydrogen-bond donors (Lipinski definition) is 0. The van der Waals surface area contributed by atoms with Gasteiger partial charge in [0.2, 0.25) is 0 Å². The largest absolute Gasteiger partial charge is 0.463 e. The zero-order valence-corrected chi connectivity index (χ0v) is 32.3. The Bertz CT molecular complexity index is 771. The second kappa shape index (κ2) is 43.6. The molecule has 0 N–H and O–H groups in total. The third-order valence-electron chi connectivity index (χ3n) is 6.75. The summed E-state index contributed by atoms with van der Waals surface area (Å²) >= 11 is 0. The molecule has 0 atom stereocenters. The smallest absolute Gasteiger partial charge is 0.333 e. The van der Waals surface area contributed by atoms with Crippen molar-refractivity contribution in [3.8, 4) is 0 Å². The molecule has 52 heavy (non-hydrogen) atoms. The van der Waals surface area contributed by atoms with Crippen molar-refractivity contribution < 1.29 is 71.2 Å². The highest BCUT2D eigenvalue weighted by atomic mass is 16.6. The zero-order valence-electron chi connectivity index (χ0n) is 32.3. The quantitative estimate of drug-likeness (QED) is 0.0506. The van der Waals surface area contributed by atoms with Crippen LogP contribution in [0.2, 0.25) is 0 Å². The number of esters is 2. The Kier molecular flexibility index (Phi) is 42.2. The Morgan fingerprint density at radius 3 is 0.904 bits per heavy atom. The van der Waals surface area contributed by atoms with Crippen LogP contribution in [0.1, 0.15) is 58.8 Å². The molecule has 0 radical (unpaired) electrons. The molecule has 0 saturated carbocycles. The second-order valence-corrected chi connectivity index (χ2v) is 11.4. The molecule has 0 aliphatic carbocycles. The van der Waals surface area contributed by atoms with Crippen molar-refractivity contribution in [2.75, 3.05) is 159 Å². The van der Waals surface area contributed by atoms with Crippen LogP contribution < -0.4 is 0 Å². The van der Waals surface area contributed by atoms with E-state index in [1.54, 1.807) is 6.92 Å².